The number of hydrogen-bond acceptors (Lipinski definition) is 5. The number of likely N-dealkylation sites (tertiary alicyclic amines) is 1. The summed E-state index contributed by atoms with van der Waals surface area (Å²) in [6.45, 7) is 3.00. The van der Waals surface area contributed by atoms with Crippen molar-refractivity contribution in [3.05, 3.63) is 47.8 Å². The van der Waals surface area contributed by atoms with Gasteiger partial charge in [0.15, 0.2) is 0 Å². The summed E-state index contributed by atoms with van der Waals surface area (Å²) in [5.74, 6) is 1.74. The molecular formula is C17H22N4O. The lowest BCUT2D eigenvalue weighted by atomic mass is 9.94. The molecule has 22 heavy (non-hydrogen) atoms. The number of methoxy groups -OCH3 is 1. The van der Waals surface area contributed by atoms with Gasteiger partial charge in [0.1, 0.15) is 5.75 Å². The molecule has 0 bridgehead atoms. The average molecular weight is 298 g/mol. The second kappa shape index (κ2) is 6.75. The summed E-state index contributed by atoms with van der Waals surface area (Å²) in [7, 11) is 1.72. The van der Waals surface area contributed by atoms with Gasteiger partial charge in [-0.3, -0.25) is 4.90 Å². The smallest absolute Gasteiger partial charge is 0.220 e. The number of anilines is 1. The van der Waals surface area contributed by atoms with Crippen LogP contribution in [-0.4, -0.2) is 35.1 Å². The van der Waals surface area contributed by atoms with Crippen molar-refractivity contribution in [2.45, 2.75) is 25.3 Å². The molecule has 1 aliphatic rings. The average Bonchev–Trinajstić information content (AvgIpc) is 2.56. The molecule has 1 fully saturated rings. The zero-order valence-corrected chi connectivity index (χ0v) is 12.9. The number of nitrogen functional groups attached to an aromatic ring is 1. The lowest BCUT2D eigenvalue weighted by Crippen LogP contribution is -2.34. The lowest BCUT2D eigenvalue weighted by Gasteiger charge is -2.32. The van der Waals surface area contributed by atoms with Crippen molar-refractivity contribution in [1.82, 2.24) is 14.9 Å². The third-order valence-electron chi connectivity index (χ3n) is 4.21. The Morgan fingerprint density at radius 3 is 3.00 bits per heavy atom. The number of para-hydroxylation sites is 1. The molecule has 116 valence electrons. The van der Waals surface area contributed by atoms with E-state index in [-0.39, 0.29) is 0 Å². The highest BCUT2D eigenvalue weighted by molar-refractivity contribution is 5.33. The summed E-state index contributed by atoms with van der Waals surface area (Å²) in [6, 6.07) is 10.2. The standard InChI is InChI=1S/C17H22N4O/c1-22-16-7-3-2-5-14(16)12-21-10-4-6-13(11-21)15-8-9-19-17(18)20-15/h2-3,5,7-9,13H,4,6,10-12H2,1H3,(H2,18,19,20)/t13-/m1/s1. The molecule has 0 saturated carbocycles. The van der Waals surface area contributed by atoms with Crippen LogP contribution in [0.25, 0.3) is 0 Å². The highest BCUT2D eigenvalue weighted by Gasteiger charge is 2.23. The summed E-state index contributed by atoms with van der Waals surface area (Å²) in [6.07, 6.45) is 4.07. The first-order chi connectivity index (χ1) is 10.8. The van der Waals surface area contributed by atoms with Crippen molar-refractivity contribution in [2.24, 2.45) is 0 Å². The van der Waals surface area contributed by atoms with E-state index in [0.717, 1.165) is 37.5 Å². The Hall–Kier alpha value is -2.14. The molecule has 0 radical (unpaired) electrons. The van der Waals surface area contributed by atoms with Gasteiger partial charge in [-0.25, -0.2) is 9.97 Å². The van der Waals surface area contributed by atoms with Gasteiger partial charge < -0.3 is 10.5 Å². The SMILES string of the molecule is COc1ccccc1CN1CCC[C@@H](c2ccnc(N)n2)C1. The van der Waals surface area contributed by atoms with Crippen molar-refractivity contribution >= 4 is 5.95 Å². The Labute approximate surface area is 131 Å². The number of benzene rings is 1. The first kappa shape index (κ1) is 14.8. The van der Waals surface area contributed by atoms with E-state index >= 15 is 0 Å². The largest absolute Gasteiger partial charge is 0.496 e. The van der Waals surface area contributed by atoms with Gasteiger partial charge >= 0.3 is 0 Å². The van der Waals surface area contributed by atoms with Crippen molar-refractivity contribution in [1.29, 1.82) is 0 Å². The van der Waals surface area contributed by atoms with E-state index in [4.69, 9.17) is 10.5 Å². The van der Waals surface area contributed by atoms with E-state index in [9.17, 15) is 0 Å². The van der Waals surface area contributed by atoms with Crippen LogP contribution < -0.4 is 10.5 Å². The Balaban J connectivity index is 1.70. The number of hydrogen-bond donors (Lipinski definition) is 1. The van der Waals surface area contributed by atoms with Crippen LogP contribution in [0.2, 0.25) is 0 Å². The third-order valence-corrected chi connectivity index (χ3v) is 4.21. The van der Waals surface area contributed by atoms with E-state index in [1.807, 2.05) is 18.2 Å². The van der Waals surface area contributed by atoms with Gasteiger partial charge in [-0.15, -0.1) is 0 Å². The second-order valence-corrected chi connectivity index (χ2v) is 5.73. The number of nitrogens with zero attached hydrogens (tertiary/aromatic N) is 3. The first-order valence-corrected chi connectivity index (χ1v) is 7.69. The van der Waals surface area contributed by atoms with Crippen molar-refractivity contribution < 1.29 is 4.74 Å². The number of rotatable bonds is 4. The molecule has 5 heteroatoms. The lowest BCUT2D eigenvalue weighted by molar-refractivity contribution is 0.196. The molecular weight excluding hydrogens is 276 g/mol. The zero-order chi connectivity index (χ0) is 15.4. The Morgan fingerprint density at radius 2 is 2.18 bits per heavy atom. The van der Waals surface area contributed by atoms with E-state index in [2.05, 4.69) is 27.0 Å². The highest BCUT2D eigenvalue weighted by atomic mass is 16.5. The topological polar surface area (TPSA) is 64.3 Å². The van der Waals surface area contributed by atoms with Crippen LogP contribution in [0.3, 0.4) is 0 Å². The van der Waals surface area contributed by atoms with E-state index in [1.165, 1.54) is 12.0 Å². The van der Waals surface area contributed by atoms with Gasteiger partial charge in [0.25, 0.3) is 0 Å². The van der Waals surface area contributed by atoms with Crippen LogP contribution in [0.15, 0.2) is 36.5 Å². The molecule has 0 aliphatic carbocycles. The molecule has 3 rings (SSSR count). The van der Waals surface area contributed by atoms with E-state index in [1.54, 1.807) is 13.3 Å². The summed E-state index contributed by atoms with van der Waals surface area (Å²) < 4.78 is 5.45. The predicted octanol–water partition coefficient (Wildman–Crippen LogP) is 2.45. The van der Waals surface area contributed by atoms with Crippen LogP contribution in [0.5, 0.6) is 5.75 Å². The minimum atomic E-state index is 0.361. The van der Waals surface area contributed by atoms with Crippen LogP contribution in [-0.2, 0) is 6.54 Å². The van der Waals surface area contributed by atoms with Gasteiger partial charge in [-0.2, -0.15) is 0 Å². The molecule has 1 aromatic heterocycles. The van der Waals surface area contributed by atoms with Crippen molar-refractivity contribution in [3.63, 3.8) is 0 Å². The molecule has 2 aromatic rings. The zero-order valence-electron chi connectivity index (χ0n) is 12.9. The monoisotopic (exact) mass is 298 g/mol. The number of aromatic nitrogens is 2. The maximum Gasteiger partial charge on any atom is 0.220 e. The molecule has 0 unspecified atom stereocenters. The molecule has 1 aliphatic heterocycles. The molecule has 2 heterocycles. The fourth-order valence-corrected chi connectivity index (χ4v) is 3.13. The predicted molar refractivity (Wildman–Crippen MR) is 86.7 cm³/mol. The fraction of sp³-hybridized carbons (Fsp3) is 0.412. The minimum Gasteiger partial charge on any atom is -0.496 e. The summed E-state index contributed by atoms with van der Waals surface area (Å²) in [5, 5.41) is 0. The number of ether oxygens (including phenoxy) is 1. The molecule has 5 nitrogen and oxygen atoms in total. The normalized spacial score (nSPS) is 19.0. The van der Waals surface area contributed by atoms with Crippen molar-refractivity contribution in [3.8, 4) is 5.75 Å². The molecule has 1 saturated heterocycles. The molecule has 0 amide bonds. The summed E-state index contributed by atoms with van der Waals surface area (Å²) >= 11 is 0. The second-order valence-electron chi connectivity index (χ2n) is 5.73. The van der Waals surface area contributed by atoms with Crippen LogP contribution in [0, 0.1) is 0 Å². The van der Waals surface area contributed by atoms with Crippen LogP contribution in [0.1, 0.15) is 30.0 Å². The van der Waals surface area contributed by atoms with Gasteiger partial charge in [-0.1, -0.05) is 18.2 Å². The van der Waals surface area contributed by atoms with E-state index in [0.29, 0.717) is 11.9 Å². The summed E-state index contributed by atoms with van der Waals surface area (Å²) in [4.78, 5) is 10.8. The number of piperidine rings is 1. The fourth-order valence-electron chi connectivity index (χ4n) is 3.13. The maximum atomic E-state index is 5.71. The molecule has 1 aromatic carbocycles. The van der Waals surface area contributed by atoms with Gasteiger partial charge in [-0.05, 0) is 31.5 Å². The molecule has 0 spiro atoms. The van der Waals surface area contributed by atoms with Gasteiger partial charge in [0.2, 0.25) is 5.95 Å². The van der Waals surface area contributed by atoms with Crippen LogP contribution >= 0.6 is 0 Å². The Bertz CT molecular complexity index is 632. The first-order valence-electron chi connectivity index (χ1n) is 7.69. The molecule has 1 atom stereocenters. The van der Waals surface area contributed by atoms with Crippen molar-refractivity contribution in [2.75, 3.05) is 25.9 Å². The Morgan fingerprint density at radius 1 is 1.32 bits per heavy atom. The van der Waals surface area contributed by atoms with Gasteiger partial charge in [0, 0.05) is 30.8 Å². The maximum absolute atomic E-state index is 5.71. The van der Waals surface area contributed by atoms with Crippen LogP contribution in [0.4, 0.5) is 5.95 Å². The Kier molecular flexibility index (Phi) is 4.53. The van der Waals surface area contributed by atoms with Gasteiger partial charge in [0.05, 0.1) is 12.8 Å². The number of nitrogens with two attached hydrogens (primary N) is 1. The van der Waals surface area contributed by atoms with E-state index < -0.39 is 0 Å². The third kappa shape index (κ3) is 3.36. The molecule has 2 N–H and O–H groups in total. The minimum absolute atomic E-state index is 0.361. The summed E-state index contributed by atoms with van der Waals surface area (Å²) in [5.41, 5.74) is 7.99. The highest BCUT2D eigenvalue weighted by Crippen LogP contribution is 2.28. The quantitative estimate of drug-likeness (QED) is 0.939.